The van der Waals surface area contributed by atoms with Crippen LogP contribution < -0.4 is 20.1 Å². The highest BCUT2D eigenvalue weighted by molar-refractivity contribution is 7.90. The van der Waals surface area contributed by atoms with Crippen LogP contribution in [-0.4, -0.2) is 40.8 Å². The summed E-state index contributed by atoms with van der Waals surface area (Å²) < 4.78 is 26.2. The summed E-state index contributed by atoms with van der Waals surface area (Å²) in [6, 6.07) is -0.651. The molecule has 1 amide bonds. The number of carbonyl (C=O) groups is 2. The van der Waals surface area contributed by atoms with E-state index in [1.54, 1.807) is 0 Å². The summed E-state index contributed by atoms with van der Waals surface area (Å²) in [6.07, 6.45) is 0.937. The van der Waals surface area contributed by atoms with E-state index in [0.717, 1.165) is 34.4 Å². The lowest BCUT2D eigenvalue weighted by Crippen LogP contribution is -2.41. The third-order valence-corrected chi connectivity index (χ3v) is 6.79. The summed E-state index contributed by atoms with van der Waals surface area (Å²) in [7, 11) is 0. The van der Waals surface area contributed by atoms with Gasteiger partial charge in [0.05, 0.1) is 0 Å². The van der Waals surface area contributed by atoms with Gasteiger partial charge in [-0.1, -0.05) is 0 Å². The minimum Gasteiger partial charge on any atom is -0.588 e. The van der Waals surface area contributed by atoms with E-state index < -0.39 is 29.5 Å². The highest BCUT2D eigenvalue weighted by Gasteiger charge is 2.37. The van der Waals surface area contributed by atoms with Crippen LogP contribution in [0.4, 0.5) is 4.79 Å². The molecule has 4 N–H and O–H groups in total. The van der Waals surface area contributed by atoms with Crippen LogP contribution in [0.1, 0.15) is 48.9 Å². The number of amides is 1. The Labute approximate surface area is 179 Å². The highest BCUT2D eigenvalue weighted by atomic mass is 32.2. The molecule has 0 aromatic heterocycles. The van der Waals surface area contributed by atoms with Crippen molar-refractivity contribution in [3.8, 4) is 5.75 Å². The van der Waals surface area contributed by atoms with E-state index in [1.165, 1.54) is 0 Å². The number of rotatable bonds is 6. The van der Waals surface area contributed by atoms with Gasteiger partial charge in [-0.3, -0.25) is 5.41 Å². The quantitative estimate of drug-likeness (QED) is 0.133. The first kappa shape index (κ1) is 22.2. The van der Waals surface area contributed by atoms with Crippen LogP contribution in [0.25, 0.3) is 0 Å². The van der Waals surface area contributed by atoms with Gasteiger partial charge in [0.2, 0.25) is 5.96 Å². The number of fused-ring (bicyclic) bond motifs is 1. The van der Waals surface area contributed by atoms with Crippen molar-refractivity contribution in [2.24, 2.45) is 0 Å². The molecule has 1 aromatic rings. The first-order valence-electron chi connectivity index (χ1n) is 9.85. The second-order valence-electron chi connectivity index (χ2n) is 8.27. The predicted octanol–water partition coefficient (Wildman–Crippen LogP) is 1.88. The lowest BCUT2D eigenvalue weighted by atomic mass is 9.94. The molecular weight excluding hydrogens is 408 g/mol. The summed E-state index contributed by atoms with van der Waals surface area (Å²) in [6.45, 7) is 10.3. The van der Waals surface area contributed by atoms with Crippen LogP contribution in [0.2, 0.25) is 0 Å². The Morgan fingerprint density at radius 1 is 1.27 bits per heavy atom. The molecule has 1 aromatic carbocycles. The minimum absolute atomic E-state index is 0.0695. The first-order valence-corrected chi connectivity index (χ1v) is 11.0. The molecule has 9 nitrogen and oxygen atoms in total. The maximum Gasteiger partial charge on any atom is 0.415 e. The number of cyclic esters (lactones) is 2. The molecule has 1 fully saturated rings. The zero-order chi connectivity index (χ0) is 22.2. The number of nitrogens with one attached hydrogen (secondary N) is 4. The van der Waals surface area contributed by atoms with Gasteiger partial charge in [0.25, 0.3) is 0 Å². The SMILES string of the molecule is Cc1c(C)c([S+]([O-])NC(=N)NCCCC2NC(=O)OC2=O)c(C)c2c1OC(C)(C)C2. The topological polar surface area (TPSA) is 136 Å². The number of hydrogen-bond acceptors (Lipinski definition) is 6. The number of guanidine groups is 1. The largest absolute Gasteiger partial charge is 0.588 e. The van der Waals surface area contributed by atoms with Crippen molar-refractivity contribution in [3.05, 3.63) is 22.3 Å². The Morgan fingerprint density at radius 2 is 1.97 bits per heavy atom. The average molecular weight is 437 g/mol. The molecule has 2 heterocycles. The van der Waals surface area contributed by atoms with Gasteiger partial charge in [0.1, 0.15) is 28.8 Å². The van der Waals surface area contributed by atoms with Crippen LogP contribution in [0.5, 0.6) is 5.75 Å². The zero-order valence-electron chi connectivity index (χ0n) is 17.9. The van der Waals surface area contributed by atoms with Crippen molar-refractivity contribution >= 4 is 29.4 Å². The van der Waals surface area contributed by atoms with Crippen molar-refractivity contribution in [2.45, 2.75) is 70.4 Å². The van der Waals surface area contributed by atoms with Crippen LogP contribution in [0, 0.1) is 26.2 Å². The molecule has 0 saturated carbocycles. The Balaban J connectivity index is 1.58. The second kappa shape index (κ2) is 8.35. The molecule has 2 aliphatic rings. The predicted molar refractivity (Wildman–Crippen MR) is 112 cm³/mol. The standard InChI is InChI=1S/C20H28N4O5S/c1-10-11(2)16(12(3)13-9-20(4,5)29-15(10)13)30(27)24-18(21)22-8-6-7-14-17(25)28-19(26)23-14/h14H,6-9H2,1-5H3,(H,23,26)(H3,21,22,24). The van der Waals surface area contributed by atoms with Gasteiger partial charge in [0.15, 0.2) is 4.90 Å². The van der Waals surface area contributed by atoms with Crippen LogP contribution in [0.15, 0.2) is 4.90 Å². The van der Waals surface area contributed by atoms with Crippen molar-refractivity contribution in [1.82, 2.24) is 15.4 Å². The summed E-state index contributed by atoms with van der Waals surface area (Å²) >= 11 is -1.61. The molecule has 164 valence electrons. The number of carbonyl (C=O) groups excluding carboxylic acids is 2. The van der Waals surface area contributed by atoms with Crippen molar-refractivity contribution in [2.75, 3.05) is 6.54 Å². The van der Waals surface area contributed by atoms with E-state index in [9.17, 15) is 14.1 Å². The van der Waals surface area contributed by atoms with Gasteiger partial charge in [-0.15, -0.1) is 0 Å². The molecule has 1 saturated heterocycles. The zero-order valence-corrected chi connectivity index (χ0v) is 18.7. The van der Waals surface area contributed by atoms with E-state index in [2.05, 4.69) is 20.1 Å². The summed E-state index contributed by atoms with van der Waals surface area (Å²) in [5, 5.41) is 13.3. The van der Waals surface area contributed by atoms with E-state index in [-0.39, 0.29) is 11.6 Å². The Hall–Kier alpha value is -2.46. The summed E-state index contributed by atoms with van der Waals surface area (Å²) in [4.78, 5) is 23.1. The van der Waals surface area contributed by atoms with E-state index in [1.807, 2.05) is 34.6 Å². The number of alkyl carbamates (subject to hydrolysis) is 1. The second-order valence-corrected chi connectivity index (χ2v) is 9.42. The van der Waals surface area contributed by atoms with Gasteiger partial charge in [-0.25, -0.2) is 9.59 Å². The van der Waals surface area contributed by atoms with Gasteiger partial charge >= 0.3 is 12.1 Å². The highest BCUT2D eigenvalue weighted by Crippen LogP contribution is 2.43. The van der Waals surface area contributed by atoms with Crippen molar-refractivity contribution < 1.29 is 23.6 Å². The molecule has 3 rings (SSSR count). The van der Waals surface area contributed by atoms with Crippen molar-refractivity contribution in [1.29, 1.82) is 5.41 Å². The molecule has 2 unspecified atom stereocenters. The molecule has 10 heteroatoms. The molecular formula is C20H28N4O5S. The van der Waals surface area contributed by atoms with E-state index in [4.69, 9.17) is 10.1 Å². The molecule has 2 atom stereocenters. The number of hydrogen-bond donors (Lipinski definition) is 4. The number of esters is 1. The monoisotopic (exact) mass is 436 g/mol. The number of ether oxygens (including phenoxy) is 2. The fourth-order valence-corrected chi connectivity index (χ4v) is 5.00. The molecule has 0 aliphatic carbocycles. The normalized spacial score (nSPS) is 20.1. The summed E-state index contributed by atoms with van der Waals surface area (Å²) in [5.41, 5.74) is 3.55. The van der Waals surface area contributed by atoms with E-state index >= 15 is 0 Å². The average Bonchev–Trinajstić information content (AvgIpc) is 3.14. The molecule has 2 aliphatic heterocycles. The molecule has 0 bridgehead atoms. The lowest BCUT2D eigenvalue weighted by Gasteiger charge is -2.20. The van der Waals surface area contributed by atoms with Gasteiger partial charge in [-0.2, -0.15) is 4.72 Å². The van der Waals surface area contributed by atoms with E-state index in [0.29, 0.717) is 24.3 Å². The maximum atomic E-state index is 13.0. The maximum absolute atomic E-state index is 13.0. The fourth-order valence-electron chi connectivity index (χ4n) is 3.81. The molecule has 30 heavy (non-hydrogen) atoms. The van der Waals surface area contributed by atoms with Gasteiger partial charge < -0.3 is 24.7 Å². The van der Waals surface area contributed by atoms with Gasteiger partial charge in [-0.05, 0) is 53.0 Å². The Morgan fingerprint density at radius 3 is 2.60 bits per heavy atom. The third kappa shape index (κ3) is 4.49. The first-order chi connectivity index (χ1) is 14.0. The Kier molecular flexibility index (Phi) is 6.19. The van der Waals surface area contributed by atoms with Crippen LogP contribution in [0.3, 0.4) is 0 Å². The lowest BCUT2D eigenvalue weighted by molar-refractivity contribution is -0.135. The third-order valence-electron chi connectivity index (χ3n) is 5.41. The minimum atomic E-state index is -1.61. The van der Waals surface area contributed by atoms with Crippen molar-refractivity contribution in [3.63, 3.8) is 0 Å². The Bertz CT molecular complexity index is 902. The number of benzene rings is 1. The molecule has 0 spiro atoms. The fraction of sp³-hybridized carbons (Fsp3) is 0.550. The van der Waals surface area contributed by atoms with Gasteiger partial charge in [0, 0.05) is 29.7 Å². The van der Waals surface area contributed by atoms with Crippen LogP contribution in [-0.2, 0) is 27.3 Å². The van der Waals surface area contributed by atoms with Crippen LogP contribution >= 0.6 is 0 Å². The molecule has 0 radical (unpaired) electrons. The summed E-state index contributed by atoms with van der Waals surface area (Å²) in [5.74, 6) is 0.223. The smallest absolute Gasteiger partial charge is 0.415 e.